The fourth-order valence-electron chi connectivity index (χ4n) is 2.64. The third-order valence-electron chi connectivity index (χ3n) is 3.78. The summed E-state index contributed by atoms with van der Waals surface area (Å²) in [5.41, 5.74) is 9.94. The number of ether oxygens (including phenoxy) is 1. The number of aryl methyl sites for hydroxylation is 2. The number of fused-ring (bicyclic) bond motifs is 1. The van der Waals surface area contributed by atoms with E-state index in [2.05, 4.69) is 24.3 Å². The van der Waals surface area contributed by atoms with Gasteiger partial charge in [-0.1, -0.05) is 24.3 Å². The number of benzene rings is 1. The van der Waals surface area contributed by atoms with Gasteiger partial charge in [-0.15, -0.1) is 11.3 Å². The number of methoxy groups -OCH3 is 1. The quantitative estimate of drug-likeness (QED) is 0.939. The van der Waals surface area contributed by atoms with Gasteiger partial charge in [-0.2, -0.15) is 0 Å². The Morgan fingerprint density at radius 3 is 2.70 bits per heavy atom. The predicted molar refractivity (Wildman–Crippen MR) is 81.9 cm³/mol. The lowest BCUT2D eigenvalue weighted by Gasteiger charge is -2.09. The van der Waals surface area contributed by atoms with Gasteiger partial charge in [0.25, 0.3) is 0 Å². The van der Waals surface area contributed by atoms with Crippen LogP contribution in [-0.2, 0) is 24.2 Å². The summed E-state index contributed by atoms with van der Waals surface area (Å²) >= 11 is 1.79. The van der Waals surface area contributed by atoms with Gasteiger partial charge in [-0.25, -0.2) is 4.98 Å². The molecule has 1 aromatic heterocycles. The van der Waals surface area contributed by atoms with Gasteiger partial charge in [0, 0.05) is 12.0 Å². The summed E-state index contributed by atoms with van der Waals surface area (Å²) in [6.45, 7) is 0.640. The molecule has 1 heterocycles. The fraction of sp³-hybridized carbons (Fsp3) is 0.438. The lowest BCUT2D eigenvalue weighted by Crippen LogP contribution is -2.11. The van der Waals surface area contributed by atoms with Crippen molar-refractivity contribution in [3.05, 3.63) is 51.0 Å². The smallest absolute Gasteiger partial charge is 0.114 e. The molecule has 0 amide bonds. The van der Waals surface area contributed by atoms with E-state index >= 15 is 0 Å². The minimum Gasteiger partial charge on any atom is -0.380 e. The van der Waals surface area contributed by atoms with Crippen LogP contribution in [0.1, 0.15) is 45.6 Å². The van der Waals surface area contributed by atoms with Crippen molar-refractivity contribution in [1.29, 1.82) is 0 Å². The van der Waals surface area contributed by atoms with Crippen LogP contribution in [0.5, 0.6) is 0 Å². The van der Waals surface area contributed by atoms with Gasteiger partial charge >= 0.3 is 0 Å². The maximum atomic E-state index is 6.37. The second-order valence-corrected chi connectivity index (χ2v) is 6.40. The molecule has 106 valence electrons. The maximum absolute atomic E-state index is 6.37. The molecule has 1 atom stereocenters. The van der Waals surface area contributed by atoms with Crippen LogP contribution in [0.2, 0.25) is 0 Å². The molecule has 1 unspecified atom stereocenters. The molecule has 0 saturated heterocycles. The lowest BCUT2D eigenvalue weighted by molar-refractivity contribution is 0.185. The number of hydrogen-bond donors (Lipinski definition) is 1. The monoisotopic (exact) mass is 288 g/mol. The van der Waals surface area contributed by atoms with Crippen LogP contribution >= 0.6 is 11.3 Å². The molecular weight excluding hydrogens is 268 g/mol. The number of nitrogens with two attached hydrogens (primary N) is 1. The SMILES string of the molecule is COCc1ccc(C(N)c2nc3c(s2)CCCC3)cc1. The highest BCUT2D eigenvalue weighted by Crippen LogP contribution is 2.31. The topological polar surface area (TPSA) is 48.1 Å². The molecular formula is C16H20N2OS. The van der Waals surface area contributed by atoms with Gasteiger partial charge in [-0.3, -0.25) is 0 Å². The fourth-order valence-corrected chi connectivity index (χ4v) is 3.82. The van der Waals surface area contributed by atoms with Crippen LogP contribution in [0.15, 0.2) is 24.3 Å². The Balaban J connectivity index is 1.80. The van der Waals surface area contributed by atoms with Crippen LogP contribution in [0.3, 0.4) is 0 Å². The van der Waals surface area contributed by atoms with E-state index < -0.39 is 0 Å². The van der Waals surface area contributed by atoms with Crippen molar-refractivity contribution in [1.82, 2.24) is 4.98 Å². The summed E-state index contributed by atoms with van der Waals surface area (Å²) in [4.78, 5) is 6.20. The molecule has 0 radical (unpaired) electrons. The molecule has 2 N–H and O–H groups in total. The third kappa shape index (κ3) is 2.77. The summed E-state index contributed by atoms with van der Waals surface area (Å²) in [5.74, 6) is 0. The van der Waals surface area contributed by atoms with Crippen LogP contribution in [0.25, 0.3) is 0 Å². The molecule has 2 aromatic rings. The molecule has 1 aliphatic carbocycles. The third-order valence-corrected chi connectivity index (χ3v) is 5.02. The van der Waals surface area contributed by atoms with Gasteiger partial charge in [-0.05, 0) is 36.8 Å². The summed E-state index contributed by atoms with van der Waals surface area (Å²) in [6.07, 6.45) is 4.84. The predicted octanol–water partition coefficient (Wildman–Crippen LogP) is 3.22. The van der Waals surface area contributed by atoms with E-state index in [0.29, 0.717) is 6.61 Å². The Labute approximate surface area is 123 Å². The first kappa shape index (κ1) is 13.7. The van der Waals surface area contributed by atoms with E-state index in [0.717, 1.165) is 17.0 Å². The Morgan fingerprint density at radius 1 is 1.25 bits per heavy atom. The van der Waals surface area contributed by atoms with E-state index in [1.54, 1.807) is 18.4 Å². The van der Waals surface area contributed by atoms with Crippen molar-refractivity contribution in [3.8, 4) is 0 Å². The van der Waals surface area contributed by atoms with Gasteiger partial charge < -0.3 is 10.5 Å². The minimum absolute atomic E-state index is 0.109. The average molecular weight is 288 g/mol. The number of hydrogen-bond acceptors (Lipinski definition) is 4. The van der Waals surface area contributed by atoms with E-state index in [1.165, 1.54) is 35.4 Å². The number of aromatic nitrogens is 1. The Hall–Kier alpha value is -1.23. The summed E-state index contributed by atoms with van der Waals surface area (Å²) < 4.78 is 5.13. The normalized spacial score (nSPS) is 15.9. The van der Waals surface area contributed by atoms with Crippen molar-refractivity contribution in [3.63, 3.8) is 0 Å². The van der Waals surface area contributed by atoms with Crippen LogP contribution in [0, 0.1) is 0 Å². The zero-order chi connectivity index (χ0) is 13.9. The van der Waals surface area contributed by atoms with Gasteiger partial charge in [0.1, 0.15) is 5.01 Å². The number of nitrogens with zero attached hydrogens (tertiary/aromatic N) is 1. The van der Waals surface area contributed by atoms with Gasteiger partial charge in [0.15, 0.2) is 0 Å². The van der Waals surface area contributed by atoms with E-state index in [-0.39, 0.29) is 6.04 Å². The van der Waals surface area contributed by atoms with Crippen LogP contribution < -0.4 is 5.73 Å². The largest absolute Gasteiger partial charge is 0.380 e. The van der Waals surface area contributed by atoms with E-state index in [4.69, 9.17) is 15.5 Å². The zero-order valence-corrected chi connectivity index (χ0v) is 12.6. The lowest BCUT2D eigenvalue weighted by atomic mass is 10.0. The minimum atomic E-state index is -0.109. The van der Waals surface area contributed by atoms with Crippen molar-refractivity contribution >= 4 is 11.3 Å². The molecule has 20 heavy (non-hydrogen) atoms. The highest BCUT2D eigenvalue weighted by atomic mass is 32.1. The van der Waals surface area contributed by atoms with Crippen LogP contribution in [0.4, 0.5) is 0 Å². The highest BCUT2D eigenvalue weighted by molar-refractivity contribution is 7.11. The van der Waals surface area contributed by atoms with Gasteiger partial charge in [0.05, 0.1) is 18.3 Å². The molecule has 0 aliphatic heterocycles. The molecule has 3 nitrogen and oxygen atoms in total. The standard InChI is InChI=1S/C16H20N2OS/c1-19-10-11-6-8-12(9-7-11)15(17)16-18-13-4-2-3-5-14(13)20-16/h6-9,15H,2-5,10,17H2,1H3. The Kier molecular flexibility index (Phi) is 4.15. The highest BCUT2D eigenvalue weighted by Gasteiger charge is 2.19. The molecule has 1 aromatic carbocycles. The first-order valence-electron chi connectivity index (χ1n) is 7.10. The second kappa shape index (κ2) is 6.04. The van der Waals surface area contributed by atoms with E-state index in [1.807, 2.05) is 0 Å². The van der Waals surface area contributed by atoms with Gasteiger partial charge in [0.2, 0.25) is 0 Å². The second-order valence-electron chi connectivity index (χ2n) is 5.28. The molecule has 3 rings (SSSR count). The number of rotatable bonds is 4. The molecule has 0 fully saturated rings. The van der Waals surface area contributed by atoms with E-state index in [9.17, 15) is 0 Å². The molecule has 0 saturated carbocycles. The first-order valence-corrected chi connectivity index (χ1v) is 7.91. The molecule has 0 bridgehead atoms. The average Bonchev–Trinajstić information content (AvgIpc) is 2.91. The van der Waals surface area contributed by atoms with Crippen LogP contribution in [-0.4, -0.2) is 12.1 Å². The summed E-state index contributed by atoms with van der Waals surface area (Å²) in [5, 5.41) is 1.05. The van der Waals surface area contributed by atoms with Crippen molar-refractivity contribution in [2.75, 3.05) is 7.11 Å². The molecule has 1 aliphatic rings. The Morgan fingerprint density at radius 2 is 2.00 bits per heavy atom. The zero-order valence-electron chi connectivity index (χ0n) is 11.8. The Bertz CT molecular complexity index is 553. The maximum Gasteiger partial charge on any atom is 0.114 e. The van der Waals surface area contributed by atoms with Crippen molar-refractivity contribution < 1.29 is 4.74 Å². The first-order chi connectivity index (χ1) is 9.78. The number of thiazole rings is 1. The molecule has 4 heteroatoms. The van der Waals surface area contributed by atoms with Crippen molar-refractivity contribution in [2.45, 2.75) is 38.3 Å². The summed E-state index contributed by atoms with van der Waals surface area (Å²) in [6, 6.07) is 8.21. The molecule has 0 spiro atoms. The summed E-state index contributed by atoms with van der Waals surface area (Å²) in [7, 11) is 1.71. The van der Waals surface area contributed by atoms with Crippen molar-refractivity contribution in [2.24, 2.45) is 5.73 Å².